The Labute approximate surface area is 88.9 Å². The topological polar surface area (TPSA) is 37.8 Å². The largest absolute Gasteiger partial charge is 0.308 e. The molecule has 0 saturated heterocycles. The Hall–Kier alpha value is -0.480. The lowest BCUT2D eigenvalue weighted by Gasteiger charge is -2.08. The van der Waals surface area contributed by atoms with Gasteiger partial charge in [-0.1, -0.05) is 18.3 Å². The van der Waals surface area contributed by atoms with Crippen LogP contribution in [0.1, 0.15) is 55.1 Å². The van der Waals surface area contributed by atoms with Crippen LogP contribution in [-0.2, 0) is 0 Å². The first-order valence-electron chi connectivity index (χ1n) is 5.38. The summed E-state index contributed by atoms with van der Waals surface area (Å²) in [5, 5.41) is 14.3. The molecule has 0 amide bonds. The first-order chi connectivity index (χ1) is 6.81. The number of aromatic nitrogens is 2. The summed E-state index contributed by atoms with van der Waals surface area (Å²) in [5.74, 6) is 0.736. The van der Waals surface area contributed by atoms with Crippen molar-refractivity contribution in [2.75, 3.05) is 6.54 Å². The van der Waals surface area contributed by atoms with Gasteiger partial charge in [0.1, 0.15) is 10.0 Å². The van der Waals surface area contributed by atoms with E-state index in [0.29, 0.717) is 6.04 Å². The van der Waals surface area contributed by atoms with E-state index in [0.717, 1.165) is 17.5 Å². The lowest BCUT2D eigenvalue weighted by atomic mass is 10.3. The van der Waals surface area contributed by atoms with Gasteiger partial charge in [0, 0.05) is 5.92 Å². The van der Waals surface area contributed by atoms with Crippen LogP contribution < -0.4 is 5.32 Å². The predicted octanol–water partition coefficient (Wildman–Crippen LogP) is 2.48. The van der Waals surface area contributed by atoms with E-state index in [9.17, 15) is 0 Å². The first kappa shape index (κ1) is 10.1. The van der Waals surface area contributed by atoms with Gasteiger partial charge in [-0.3, -0.25) is 0 Å². The summed E-state index contributed by atoms with van der Waals surface area (Å²) in [5.41, 5.74) is 0. The lowest BCUT2D eigenvalue weighted by molar-refractivity contribution is 0.564. The van der Waals surface area contributed by atoms with Gasteiger partial charge in [0.15, 0.2) is 0 Å². The summed E-state index contributed by atoms with van der Waals surface area (Å²) in [6, 6.07) is 0.361. The SMILES string of the molecule is CCCNC(C)c1nnc(C2CC2)s1. The third kappa shape index (κ3) is 2.30. The smallest absolute Gasteiger partial charge is 0.134 e. The van der Waals surface area contributed by atoms with Crippen LogP contribution in [0.5, 0.6) is 0 Å². The maximum Gasteiger partial charge on any atom is 0.134 e. The van der Waals surface area contributed by atoms with Gasteiger partial charge in [0.25, 0.3) is 0 Å². The maximum atomic E-state index is 4.24. The zero-order chi connectivity index (χ0) is 9.97. The number of nitrogens with zero attached hydrogens (tertiary/aromatic N) is 2. The second kappa shape index (κ2) is 4.36. The van der Waals surface area contributed by atoms with Gasteiger partial charge in [-0.25, -0.2) is 0 Å². The highest BCUT2D eigenvalue weighted by atomic mass is 32.1. The van der Waals surface area contributed by atoms with Crippen molar-refractivity contribution in [2.45, 2.75) is 45.1 Å². The van der Waals surface area contributed by atoms with Crippen molar-refractivity contribution in [1.29, 1.82) is 0 Å². The van der Waals surface area contributed by atoms with E-state index in [-0.39, 0.29) is 0 Å². The fourth-order valence-electron chi connectivity index (χ4n) is 1.36. The zero-order valence-corrected chi connectivity index (χ0v) is 9.60. The summed E-state index contributed by atoms with van der Waals surface area (Å²) in [4.78, 5) is 0. The quantitative estimate of drug-likeness (QED) is 0.813. The monoisotopic (exact) mass is 211 g/mol. The van der Waals surface area contributed by atoms with Crippen molar-refractivity contribution in [2.24, 2.45) is 0 Å². The molecule has 0 aliphatic heterocycles. The van der Waals surface area contributed by atoms with Crippen LogP contribution in [0.15, 0.2) is 0 Å². The second-order valence-corrected chi connectivity index (χ2v) is 4.97. The molecule has 78 valence electrons. The Kier molecular flexibility index (Phi) is 3.13. The normalized spacial score (nSPS) is 18.4. The Morgan fingerprint density at radius 3 is 2.93 bits per heavy atom. The average molecular weight is 211 g/mol. The van der Waals surface area contributed by atoms with Crippen LogP contribution in [0, 0.1) is 0 Å². The van der Waals surface area contributed by atoms with Crippen molar-refractivity contribution >= 4 is 11.3 Å². The molecule has 4 heteroatoms. The van der Waals surface area contributed by atoms with Gasteiger partial charge >= 0.3 is 0 Å². The highest BCUT2D eigenvalue weighted by Gasteiger charge is 2.28. The molecule has 14 heavy (non-hydrogen) atoms. The average Bonchev–Trinajstić information content (AvgIpc) is 2.93. The van der Waals surface area contributed by atoms with E-state index >= 15 is 0 Å². The van der Waals surface area contributed by atoms with E-state index in [1.54, 1.807) is 11.3 Å². The molecule has 3 nitrogen and oxygen atoms in total. The van der Waals surface area contributed by atoms with Crippen LogP contribution in [0.4, 0.5) is 0 Å². The molecule has 1 N–H and O–H groups in total. The van der Waals surface area contributed by atoms with Gasteiger partial charge in [-0.05, 0) is 32.7 Å². The molecule has 1 atom stereocenters. The number of hydrogen-bond donors (Lipinski definition) is 1. The summed E-state index contributed by atoms with van der Waals surface area (Å²) in [7, 11) is 0. The van der Waals surface area contributed by atoms with Crippen molar-refractivity contribution in [3.63, 3.8) is 0 Å². The van der Waals surface area contributed by atoms with Crippen LogP contribution in [0.3, 0.4) is 0 Å². The molecule has 0 radical (unpaired) electrons. The molecular formula is C10H17N3S. The molecule has 1 fully saturated rings. The second-order valence-electron chi connectivity index (χ2n) is 3.93. The van der Waals surface area contributed by atoms with Crippen LogP contribution in [-0.4, -0.2) is 16.7 Å². The van der Waals surface area contributed by atoms with Crippen molar-refractivity contribution in [1.82, 2.24) is 15.5 Å². The third-order valence-corrected chi connectivity index (χ3v) is 3.72. The molecule has 1 aliphatic rings. The molecule has 1 aromatic heterocycles. The lowest BCUT2D eigenvalue weighted by Crippen LogP contribution is -2.18. The van der Waals surface area contributed by atoms with E-state index in [4.69, 9.17) is 0 Å². The Morgan fingerprint density at radius 1 is 1.50 bits per heavy atom. The highest BCUT2D eigenvalue weighted by Crippen LogP contribution is 2.41. The fourth-order valence-corrected chi connectivity index (χ4v) is 2.40. The predicted molar refractivity (Wildman–Crippen MR) is 58.6 cm³/mol. The highest BCUT2D eigenvalue weighted by molar-refractivity contribution is 7.11. The van der Waals surface area contributed by atoms with Crippen LogP contribution in [0.25, 0.3) is 0 Å². The van der Waals surface area contributed by atoms with Crippen molar-refractivity contribution in [3.05, 3.63) is 10.0 Å². The molecule has 1 aliphatic carbocycles. The minimum absolute atomic E-state index is 0.361. The van der Waals surface area contributed by atoms with Gasteiger partial charge in [-0.2, -0.15) is 0 Å². The molecule has 0 bridgehead atoms. The van der Waals surface area contributed by atoms with Gasteiger partial charge < -0.3 is 5.32 Å². The minimum atomic E-state index is 0.361. The van der Waals surface area contributed by atoms with Crippen molar-refractivity contribution < 1.29 is 0 Å². The molecule has 1 heterocycles. The standard InChI is InChI=1S/C10H17N3S/c1-3-6-11-7(2)9-12-13-10(14-9)8-4-5-8/h7-8,11H,3-6H2,1-2H3. The molecule has 1 unspecified atom stereocenters. The van der Waals surface area contributed by atoms with E-state index in [2.05, 4.69) is 29.4 Å². The fraction of sp³-hybridized carbons (Fsp3) is 0.800. The summed E-state index contributed by atoms with van der Waals surface area (Å²) >= 11 is 1.78. The minimum Gasteiger partial charge on any atom is -0.308 e. The van der Waals surface area contributed by atoms with Crippen molar-refractivity contribution in [3.8, 4) is 0 Å². The molecule has 2 rings (SSSR count). The summed E-state index contributed by atoms with van der Waals surface area (Å²) in [6.07, 6.45) is 3.79. The Balaban J connectivity index is 1.93. The van der Waals surface area contributed by atoms with E-state index in [1.807, 2.05) is 0 Å². The third-order valence-electron chi connectivity index (χ3n) is 2.45. The number of nitrogens with one attached hydrogen (secondary N) is 1. The van der Waals surface area contributed by atoms with Crippen LogP contribution >= 0.6 is 11.3 Å². The molecule has 0 spiro atoms. The Bertz CT molecular complexity index is 293. The summed E-state index contributed by atoms with van der Waals surface area (Å²) in [6.45, 7) is 5.39. The van der Waals surface area contributed by atoms with Crippen LogP contribution in [0.2, 0.25) is 0 Å². The summed E-state index contributed by atoms with van der Waals surface area (Å²) < 4.78 is 0. The molecule has 0 aromatic carbocycles. The van der Waals surface area contributed by atoms with Gasteiger partial charge in [0.05, 0.1) is 6.04 Å². The van der Waals surface area contributed by atoms with Gasteiger partial charge in [0.2, 0.25) is 0 Å². The maximum absolute atomic E-state index is 4.24. The zero-order valence-electron chi connectivity index (χ0n) is 8.79. The van der Waals surface area contributed by atoms with E-state index < -0.39 is 0 Å². The van der Waals surface area contributed by atoms with Gasteiger partial charge in [-0.15, -0.1) is 10.2 Å². The molecule has 1 aromatic rings. The number of rotatable bonds is 5. The first-order valence-corrected chi connectivity index (χ1v) is 6.19. The van der Waals surface area contributed by atoms with E-state index in [1.165, 1.54) is 24.3 Å². The Morgan fingerprint density at radius 2 is 2.29 bits per heavy atom. The number of hydrogen-bond acceptors (Lipinski definition) is 4. The molecule has 1 saturated carbocycles. The molecular weight excluding hydrogens is 194 g/mol.